The Morgan fingerprint density at radius 3 is 2.70 bits per heavy atom. The van der Waals surface area contributed by atoms with Crippen molar-refractivity contribution < 1.29 is 17.6 Å². The van der Waals surface area contributed by atoms with E-state index in [2.05, 4.69) is 4.99 Å². The average molecular weight is 425 g/mol. The lowest BCUT2D eigenvalue weighted by Gasteiger charge is -2.24. The van der Waals surface area contributed by atoms with Crippen LogP contribution in [0.15, 0.2) is 46.8 Å². The molecule has 5 nitrogen and oxygen atoms in total. The van der Waals surface area contributed by atoms with Crippen LogP contribution in [-0.2, 0) is 27.6 Å². The SMILES string of the molecule is O=C(Cc1cccs1)N=C1S[C@@H]2CS(=O)(=O)C[C@H]2N1Cc1ccc(F)cc1. The third kappa shape index (κ3) is 4.25. The summed E-state index contributed by atoms with van der Waals surface area (Å²) in [6, 6.07) is 9.66. The summed E-state index contributed by atoms with van der Waals surface area (Å²) in [6.07, 6.45) is 0.236. The number of carbonyl (C=O) groups excluding carboxylic acids is 1. The van der Waals surface area contributed by atoms with Gasteiger partial charge in [0.2, 0.25) is 0 Å². The minimum absolute atomic E-state index is 0.0595. The highest BCUT2D eigenvalue weighted by Crippen LogP contribution is 2.39. The summed E-state index contributed by atoms with van der Waals surface area (Å²) in [5.74, 6) is -0.410. The van der Waals surface area contributed by atoms with Gasteiger partial charge < -0.3 is 4.90 Å². The molecule has 0 spiro atoms. The zero-order valence-electron chi connectivity index (χ0n) is 14.2. The molecule has 0 bridgehead atoms. The van der Waals surface area contributed by atoms with Gasteiger partial charge in [0.1, 0.15) is 5.82 Å². The maximum atomic E-state index is 13.2. The number of nitrogens with zero attached hydrogens (tertiary/aromatic N) is 2. The van der Waals surface area contributed by atoms with Gasteiger partial charge in [-0.1, -0.05) is 30.0 Å². The van der Waals surface area contributed by atoms with E-state index < -0.39 is 9.84 Å². The Kier molecular flexibility index (Phi) is 5.09. The summed E-state index contributed by atoms with van der Waals surface area (Å²) in [6.45, 7) is 0.398. The monoisotopic (exact) mass is 424 g/mol. The Hall–Kier alpha value is -1.71. The molecule has 1 aromatic heterocycles. The molecule has 1 amide bonds. The normalized spacial score (nSPS) is 25.1. The Morgan fingerprint density at radius 2 is 2.00 bits per heavy atom. The van der Waals surface area contributed by atoms with Crippen molar-refractivity contribution in [1.29, 1.82) is 0 Å². The van der Waals surface area contributed by atoms with Crippen LogP contribution in [0, 0.1) is 5.82 Å². The van der Waals surface area contributed by atoms with Crippen LogP contribution in [0.2, 0.25) is 0 Å². The Balaban J connectivity index is 1.58. The number of thioether (sulfide) groups is 1. The molecular weight excluding hydrogens is 407 g/mol. The van der Waals surface area contributed by atoms with E-state index in [1.807, 2.05) is 22.4 Å². The summed E-state index contributed by atoms with van der Waals surface area (Å²) >= 11 is 2.87. The molecule has 2 aliphatic rings. The van der Waals surface area contributed by atoms with Gasteiger partial charge in [-0.15, -0.1) is 11.3 Å². The van der Waals surface area contributed by atoms with Crippen LogP contribution >= 0.6 is 23.1 Å². The van der Waals surface area contributed by atoms with Crippen molar-refractivity contribution >= 4 is 44.0 Å². The zero-order valence-corrected chi connectivity index (χ0v) is 16.7. The first-order chi connectivity index (χ1) is 12.9. The Bertz CT molecular complexity index is 972. The van der Waals surface area contributed by atoms with Crippen LogP contribution in [0.1, 0.15) is 10.4 Å². The van der Waals surface area contributed by atoms with E-state index in [9.17, 15) is 17.6 Å². The molecule has 4 rings (SSSR count). The number of hydrogen-bond acceptors (Lipinski definition) is 5. The fourth-order valence-electron chi connectivity index (χ4n) is 3.32. The maximum Gasteiger partial charge on any atom is 0.253 e. The molecule has 2 atom stereocenters. The third-order valence-corrected chi connectivity index (χ3v) is 8.69. The van der Waals surface area contributed by atoms with Crippen molar-refractivity contribution in [2.24, 2.45) is 4.99 Å². The van der Waals surface area contributed by atoms with Crippen LogP contribution in [0.3, 0.4) is 0 Å². The first-order valence-corrected chi connectivity index (χ1v) is 12.0. The van der Waals surface area contributed by atoms with Gasteiger partial charge in [0, 0.05) is 16.7 Å². The molecule has 3 heterocycles. The average Bonchev–Trinajstić information content (AvgIpc) is 3.27. The number of carbonyl (C=O) groups is 1. The van der Waals surface area contributed by atoms with E-state index in [1.54, 1.807) is 12.1 Å². The van der Waals surface area contributed by atoms with Crippen molar-refractivity contribution in [2.45, 2.75) is 24.3 Å². The van der Waals surface area contributed by atoms with Gasteiger partial charge in [-0.25, -0.2) is 12.8 Å². The molecule has 0 radical (unpaired) electrons. The van der Waals surface area contributed by atoms with E-state index in [0.29, 0.717) is 11.7 Å². The van der Waals surface area contributed by atoms with Crippen molar-refractivity contribution in [2.75, 3.05) is 11.5 Å². The van der Waals surface area contributed by atoms with Crippen molar-refractivity contribution in [3.8, 4) is 0 Å². The first-order valence-electron chi connectivity index (χ1n) is 8.42. The van der Waals surface area contributed by atoms with Crippen LogP contribution in [0.4, 0.5) is 4.39 Å². The lowest BCUT2D eigenvalue weighted by Crippen LogP contribution is -2.37. The molecule has 2 fully saturated rings. The molecule has 2 aromatic rings. The summed E-state index contributed by atoms with van der Waals surface area (Å²) in [5, 5.41) is 2.35. The predicted octanol–water partition coefficient (Wildman–Crippen LogP) is 2.73. The second kappa shape index (κ2) is 7.37. The number of sulfone groups is 1. The van der Waals surface area contributed by atoms with Gasteiger partial charge >= 0.3 is 0 Å². The molecule has 142 valence electrons. The van der Waals surface area contributed by atoms with Gasteiger partial charge in [0.15, 0.2) is 15.0 Å². The third-order valence-electron chi connectivity index (χ3n) is 4.57. The maximum absolute atomic E-state index is 13.2. The number of benzene rings is 1. The van der Waals surface area contributed by atoms with Crippen molar-refractivity contribution in [3.05, 3.63) is 58.0 Å². The predicted molar refractivity (Wildman–Crippen MR) is 106 cm³/mol. The van der Waals surface area contributed by atoms with Gasteiger partial charge in [-0.05, 0) is 29.1 Å². The number of aliphatic imine (C=N–C) groups is 1. The molecule has 0 aliphatic carbocycles. The van der Waals surface area contributed by atoms with E-state index >= 15 is 0 Å². The second-order valence-corrected chi connectivity index (χ2v) is 11.0. The van der Waals surface area contributed by atoms with Gasteiger partial charge in [0.05, 0.1) is 24.0 Å². The molecular formula is C18H17FN2O3S3. The van der Waals surface area contributed by atoms with Gasteiger partial charge in [-0.2, -0.15) is 4.99 Å². The van der Waals surface area contributed by atoms with Crippen molar-refractivity contribution in [3.63, 3.8) is 0 Å². The van der Waals surface area contributed by atoms with E-state index in [0.717, 1.165) is 10.4 Å². The number of rotatable bonds is 4. The minimum Gasteiger partial charge on any atom is -0.342 e. The molecule has 1 aromatic carbocycles. The fourth-order valence-corrected chi connectivity index (χ4v) is 7.98. The highest BCUT2D eigenvalue weighted by molar-refractivity contribution is 8.15. The molecule has 0 unspecified atom stereocenters. The number of halogens is 1. The van der Waals surface area contributed by atoms with Gasteiger partial charge in [0.25, 0.3) is 5.91 Å². The summed E-state index contributed by atoms with van der Waals surface area (Å²) in [4.78, 5) is 19.5. The molecule has 2 saturated heterocycles. The zero-order chi connectivity index (χ0) is 19.0. The molecule has 2 aliphatic heterocycles. The Labute approximate surface area is 165 Å². The molecule has 0 N–H and O–H groups in total. The quantitative estimate of drug-likeness (QED) is 0.755. The number of amidine groups is 1. The van der Waals surface area contributed by atoms with Crippen LogP contribution in [0.25, 0.3) is 0 Å². The first kappa shape index (κ1) is 18.6. The Morgan fingerprint density at radius 1 is 1.22 bits per heavy atom. The number of fused-ring (bicyclic) bond motifs is 1. The molecule has 9 heteroatoms. The molecule has 27 heavy (non-hydrogen) atoms. The smallest absolute Gasteiger partial charge is 0.253 e. The van der Waals surface area contributed by atoms with Gasteiger partial charge in [-0.3, -0.25) is 4.79 Å². The summed E-state index contributed by atoms with van der Waals surface area (Å²) < 4.78 is 37.2. The second-order valence-electron chi connectivity index (χ2n) is 6.60. The minimum atomic E-state index is -3.09. The molecule has 0 saturated carbocycles. The van der Waals surface area contributed by atoms with Crippen LogP contribution in [-0.4, -0.2) is 47.2 Å². The van der Waals surface area contributed by atoms with Crippen molar-refractivity contribution in [1.82, 2.24) is 4.90 Å². The van der Waals surface area contributed by atoms with Crippen LogP contribution < -0.4 is 0 Å². The lowest BCUT2D eigenvalue weighted by atomic mass is 10.1. The van der Waals surface area contributed by atoms with E-state index in [4.69, 9.17) is 0 Å². The van der Waals surface area contributed by atoms with E-state index in [-0.39, 0.29) is 40.9 Å². The largest absolute Gasteiger partial charge is 0.342 e. The topological polar surface area (TPSA) is 66.8 Å². The van der Waals surface area contributed by atoms with E-state index in [1.165, 1.54) is 35.2 Å². The summed E-state index contributed by atoms with van der Waals surface area (Å²) in [5.41, 5.74) is 0.848. The number of thiophene rings is 1. The lowest BCUT2D eigenvalue weighted by molar-refractivity contribution is -0.117. The fraction of sp³-hybridized carbons (Fsp3) is 0.333. The standard InChI is InChI=1S/C18H17FN2O3S3/c19-13-5-3-12(4-6-13)9-21-15-10-27(23,24)11-16(15)26-18(21)20-17(22)8-14-2-1-7-25-14/h1-7,15-16H,8-11H2/t15-,16-/m1/s1. The highest BCUT2D eigenvalue weighted by Gasteiger charge is 2.48. The van der Waals surface area contributed by atoms with Crippen LogP contribution in [0.5, 0.6) is 0 Å². The highest BCUT2D eigenvalue weighted by atomic mass is 32.2. The number of hydrogen-bond donors (Lipinski definition) is 0. The summed E-state index contributed by atoms with van der Waals surface area (Å²) in [7, 11) is -3.09. The number of amides is 1.